The molecule has 1 aromatic rings. The van der Waals surface area contributed by atoms with E-state index in [2.05, 4.69) is 43.3 Å². The lowest BCUT2D eigenvalue weighted by molar-refractivity contribution is 0.125. The lowest BCUT2D eigenvalue weighted by Gasteiger charge is -2.38. The molecule has 104 valence electrons. The maximum Gasteiger partial charge on any atom is 0.106 e. The van der Waals surface area contributed by atoms with Crippen LogP contribution in [0, 0.1) is 5.92 Å². The first kappa shape index (κ1) is 13.5. The van der Waals surface area contributed by atoms with Gasteiger partial charge >= 0.3 is 0 Å². The lowest BCUT2D eigenvalue weighted by Crippen LogP contribution is -2.46. The van der Waals surface area contributed by atoms with Gasteiger partial charge in [0.15, 0.2) is 0 Å². The van der Waals surface area contributed by atoms with Gasteiger partial charge in [0.05, 0.1) is 0 Å². The smallest absolute Gasteiger partial charge is 0.106 e. The predicted molar refractivity (Wildman–Crippen MR) is 81.1 cm³/mol. The van der Waals surface area contributed by atoms with E-state index in [-0.39, 0.29) is 0 Å². The van der Waals surface area contributed by atoms with Crippen molar-refractivity contribution in [3.8, 4) is 0 Å². The molecule has 1 aromatic heterocycles. The Balaban J connectivity index is 1.86. The normalized spacial score (nSPS) is 23.6. The van der Waals surface area contributed by atoms with E-state index in [0.717, 1.165) is 23.6 Å². The minimum atomic E-state index is 0.587. The molecule has 1 saturated heterocycles. The van der Waals surface area contributed by atoms with Gasteiger partial charge in [-0.15, -0.1) is 0 Å². The van der Waals surface area contributed by atoms with Gasteiger partial charge < -0.3 is 5.32 Å². The van der Waals surface area contributed by atoms with Gasteiger partial charge in [0, 0.05) is 38.4 Å². The summed E-state index contributed by atoms with van der Waals surface area (Å²) >= 11 is 3.52. The van der Waals surface area contributed by atoms with Crippen LogP contribution in [0.4, 0.5) is 0 Å². The second-order valence-electron chi connectivity index (χ2n) is 5.69. The fraction of sp³-hybridized carbons (Fsp3) is 0.667. The first-order chi connectivity index (χ1) is 9.34. The zero-order valence-corrected chi connectivity index (χ0v) is 12.9. The molecular weight excluding hydrogens is 302 g/mol. The molecule has 1 atom stereocenters. The van der Waals surface area contributed by atoms with E-state index in [1.54, 1.807) is 0 Å². The van der Waals surface area contributed by atoms with Gasteiger partial charge in [0.2, 0.25) is 0 Å². The van der Waals surface area contributed by atoms with Gasteiger partial charge in [-0.2, -0.15) is 0 Å². The Hall–Kier alpha value is -0.450. The van der Waals surface area contributed by atoms with Crippen molar-refractivity contribution in [3.05, 3.63) is 28.5 Å². The molecule has 1 N–H and O–H groups in total. The summed E-state index contributed by atoms with van der Waals surface area (Å²) in [4.78, 5) is 6.95. The molecule has 2 aliphatic rings. The number of halogens is 1. The molecule has 0 aromatic carbocycles. The van der Waals surface area contributed by atoms with E-state index in [4.69, 9.17) is 0 Å². The van der Waals surface area contributed by atoms with Gasteiger partial charge in [-0.25, -0.2) is 4.98 Å². The molecule has 1 aliphatic carbocycles. The van der Waals surface area contributed by atoms with E-state index in [1.807, 2.05) is 6.20 Å². The van der Waals surface area contributed by atoms with Crippen LogP contribution in [-0.2, 0) is 0 Å². The minimum absolute atomic E-state index is 0.587. The number of hydrogen-bond acceptors (Lipinski definition) is 3. The highest BCUT2D eigenvalue weighted by Gasteiger charge is 2.31. The molecule has 19 heavy (non-hydrogen) atoms. The highest BCUT2D eigenvalue weighted by atomic mass is 79.9. The molecule has 2 fully saturated rings. The van der Waals surface area contributed by atoms with Crippen LogP contribution in [-0.4, -0.2) is 36.1 Å². The number of aromatic nitrogens is 1. The maximum atomic E-state index is 4.28. The third kappa shape index (κ3) is 3.18. The molecule has 4 heteroatoms. The Morgan fingerprint density at radius 1 is 1.26 bits per heavy atom. The monoisotopic (exact) mass is 323 g/mol. The highest BCUT2D eigenvalue weighted by Crippen LogP contribution is 2.39. The molecule has 1 saturated carbocycles. The van der Waals surface area contributed by atoms with Crippen molar-refractivity contribution in [2.75, 3.05) is 26.2 Å². The summed E-state index contributed by atoms with van der Waals surface area (Å²) in [6.07, 6.45) is 7.51. The zero-order valence-electron chi connectivity index (χ0n) is 11.3. The Labute approximate surface area is 123 Å². The van der Waals surface area contributed by atoms with Crippen molar-refractivity contribution in [1.82, 2.24) is 15.2 Å². The van der Waals surface area contributed by atoms with E-state index < -0.39 is 0 Å². The van der Waals surface area contributed by atoms with Crippen LogP contribution in [0.1, 0.15) is 37.3 Å². The second kappa shape index (κ2) is 6.33. The van der Waals surface area contributed by atoms with Gasteiger partial charge in [-0.1, -0.05) is 12.8 Å². The Bertz CT molecular complexity index is 412. The molecule has 0 spiro atoms. The second-order valence-corrected chi connectivity index (χ2v) is 6.50. The van der Waals surface area contributed by atoms with E-state index in [9.17, 15) is 0 Å². The molecule has 3 rings (SSSR count). The summed E-state index contributed by atoms with van der Waals surface area (Å²) in [5, 5.41) is 3.46. The fourth-order valence-corrected chi connectivity index (χ4v) is 4.00. The highest BCUT2D eigenvalue weighted by molar-refractivity contribution is 9.10. The summed E-state index contributed by atoms with van der Waals surface area (Å²) in [7, 11) is 0. The minimum Gasteiger partial charge on any atom is -0.314 e. The first-order valence-electron chi connectivity index (χ1n) is 7.41. The number of pyridine rings is 1. The quantitative estimate of drug-likeness (QED) is 0.867. The van der Waals surface area contributed by atoms with Crippen LogP contribution >= 0.6 is 15.9 Å². The molecule has 0 amide bonds. The summed E-state index contributed by atoms with van der Waals surface area (Å²) in [6, 6.07) is 5.00. The van der Waals surface area contributed by atoms with Crippen LogP contribution in [0.3, 0.4) is 0 Å². The van der Waals surface area contributed by atoms with E-state index in [1.165, 1.54) is 44.3 Å². The van der Waals surface area contributed by atoms with Gasteiger partial charge in [-0.05, 0) is 52.4 Å². The van der Waals surface area contributed by atoms with Crippen LogP contribution in [0.5, 0.6) is 0 Å². The van der Waals surface area contributed by atoms with Crippen molar-refractivity contribution >= 4 is 15.9 Å². The average molecular weight is 324 g/mol. The fourth-order valence-electron chi connectivity index (χ4n) is 3.62. The Morgan fingerprint density at radius 3 is 2.68 bits per heavy atom. The van der Waals surface area contributed by atoms with Crippen molar-refractivity contribution in [2.45, 2.75) is 31.7 Å². The molecular formula is C15H22BrN3. The van der Waals surface area contributed by atoms with Crippen LogP contribution in [0.25, 0.3) is 0 Å². The molecule has 1 aliphatic heterocycles. The Kier molecular flexibility index (Phi) is 4.51. The lowest BCUT2D eigenvalue weighted by atomic mass is 9.90. The summed E-state index contributed by atoms with van der Waals surface area (Å²) in [5.74, 6) is 0.826. The summed E-state index contributed by atoms with van der Waals surface area (Å²) < 4.78 is 0.961. The third-order valence-electron chi connectivity index (χ3n) is 4.48. The average Bonchev–Trinajstić information content (AvgIpc) is 2.94. The molecule has 2 heterocycles. The molecule has 0 unspecified atom stereocenters. The third-order valence-corrected chi connectivity index (χ3v) is 4.92. The molecule has 0 bridgehead atoms. The number of rotatable bonds is 3. The van der Waals surface area contributed by atoms with Crippen LogP contribution in [0.2, 0.25) is 0 Å². The number of piperazine rings is 1. The van der Waals surface area contributed by atoms with Crippen LogP contribution < -0.4 is 5.32 Å². The predicted octanol–water partition coefficient (Wildman–Crippen LogP) is 2.98. The van der Waals surface area contributed by atoms with Crippen LogP contribution in [0.15, 0.2) is 22.9 Å². The number of hydrogen-bond donors (Lipinski definition) is 1. The number of nitrogens with zero attached hydrogens (tertiary/aromatic N) is 2. The van der Waals surface area contributed by atoms with E-state index in [0.29, 0.717) is 6.04 Å². The SMILES string of the molecule is Brc1cc([C@H](C2CCCC2)N2CCNCC2)ccn1. The summed E-state index contributed by atoms with van der Waals surface area (Å²) in [6.45, 7) is 4.58. The van der Waals surface area contributed by atoms with Gasteiger partial charge in [0.1, 0.15) is 4.60 Å². The van der Waals surface area contributed by atoms with Crippen molar-refractivity contribution < 1.29 is 0 Å². The maximum absolute atomic E-state index is 4.28. The summed E-state index contributed by atoms with van der Waals surface area (Å²) in [5.41, 5.74) is 1.44. The Morgan fingerprint density at radius 2 is 2.00 bits per heavy atom. The van der Waals surface area contributed by atoms with Crippen molar-refractivity contribution in [2.24, 2.45) is 5.92 Å². The topological polar surface area (TPSA) is 28.2 Å². The van der Waals surface area contributed by atoms with Crippen molar-refractivity contribution in [1.29, 1.82) is 0 Å². The van der Waals surface area contributed by atoms with Crippen molar-refractivity contribution in [3.63, 3.8) is 0 Å². The van der Waals surface area contributed by atoms with E-state index >= 15 is 0 Å². The molecule has 3 nitrogen and oxygen atoms in total. The zero-order chi connectivity index (χ0) is 13.1. The van der Waals surface area contributed by atoms with Gasteiger partial charge in [-0.3, -0.25) is 4.90 Å². The number of nitrogens with one attached hydrogen (secondary N) is 1. The van der Waals surface area contributed by atoms with Gasteiger partial charge in [0.25, 0.3) is 0 Å². The standard InChI is InChI=1S/C15H22BrN3/c16-14-11-13(5-6-18-14)15(12-3-1-2-4-12)19-9-7-17-8-10-19/h5-6,11-12,15,17H,1-4,7-10H2/t15-/m0/s1. The largest absolute Gasteiger partial charge is 0.314 e. The first-order valence-corrected chi connectivity index (χ1v) is 8.20. The molecule has 0 radical (unpaired) electrons.